The van der Waals surface area contributed by atoms with Crippen LogP contribution in [0.1, 0.15) is 77.6 Å². The highest BCUT2D eigenvalue weighted by atomic mass is 32.2. The van der Waals surface area contributed by atoms with Crippen LogP contribution in [0.4, 0.5) is 0 Å². The predicted octanol–water partition coefficient (Wildman–Crippen LogP) is 3.54. The van der Waals surface area contributed by atoms with E-state index in [1.165, 1.54) is 32.1 Å². The molecule has 2 fully saturated rings. The summed E-state index contributed by atoms with van der Waals surface area (Å²) in [6, 6.07) is 0. The van der Waals surface area contributed by atoms with Gasteiger partial charge in [0.1, 0.15) is 0 Å². The first kappa shape index (κ1) is 14.5. The van der Waals surface area contributed by atoms with E-state index in [4.69, 9.17) is 0 Å². The Morgan fingerprint density at radius 1 is 1.06 bits per heavy atom. The molecule has 0 aromatic rings. The molecule has 0 saturated carbocycles. The largest absolute Gasteiger partial charge is 0.390 e. The summed E-state index contributed by atoms with van der Waals surface area (Å²) in [7, 11) is -0.637. The maximum Gasteiger partial charge on any atom is 0.0670 e. The lowest BCUT2D eigenvalue weighted by molar-refractivity contribution is 0.0119. The zero-order valence-electron chi connectivity index (χ0n) is 11.7. The van der Waals surface area contributed by atoms with Crippen LogP contribution in [0.2, 0.25) is 0 Å². The topological polar surface area (TPSA) is 37.3 Å². The van der Waals surface area contributed by atoms with Crippen LogP contribution in [-0.4, -0.2) is 25.4 Å². The van der Waals surface area contributed by atoms with Gasteiger partial charge >= 0.3 is 0 Å². The van der Waals surface area contributed by atoms with E-state index in [2.05, 4.69) is 6.92 Å². The molecular formula is C15H28O2S. The quantitative estimate of drug-likeness (QED) is 0.720. The number of hydrogen-bond donors (Lipinski definition) is 1. The summed E-state index contributed by atoms with van der Waals surface area (Å²) in [5, 5.41) is 11.2. The third-order valence-corrected chi connectivity index (χ3v) is 6.80. The van der Waals surface area contributed by atoms with Crippen molar-refractivity contribution in [1.82, 2.24) is 0 Å². The maximum atomic E-state index is 11.9. The molecule has 2 atom stereocenters. The number of hydrogen-bond acceptors (Lipinski definition) is 2. The number of unbranched alkanes of at least 4 members (excludes halogenated alkanes) is 5. The minimum atomic E-state index is -0.637. The lowest BCUT2D eigenvalue weighted by atomic mass is 9.87. The van der Waals surface area contributed by atoms with Gasteiger partial charge in [-0.3, -0.25) is 4.21 Å². The minimum Gasteiger partial charge on any atom is -0.390 e. The lowest BCUT2D eigenvalue weighted by Gasteiger charge is -2.36. The fourth-order valence-corrected chi connectivity index (χ4v) is 5.84. The monoisotopic (exact) mass is 272 g/mol. The zero-order valence-corrected chi connectivity index (χ0v) is 12.5. The molecular weight excluding hydrogens is 244 g/mol. The van der Waals surface area contributed by atoms with Crippen LogP contribution in [0.25, 0.3) is 0 Å². The summed E-state index contributed by atoms with van der Waals surface area (Å²) in [6.07, 6.45) is 12.4. The van der Waals surface area contributed by atoms with E-state index in [-0.39, 0.29) is 0 Å². The molecule has 18 heavy (non-hydrogen) atoms. The van der Waals surface area contributed by atoms with Crippen molar-refractivity contribution >= 4 is 10.8 Å². The van der Waals surface area contributed by atoms with Crippen molar-refractivity contribution < 1.29 is 9.32 Å². The summed E-state index contributed by atoms with van der Waals surface area (Å²) in [6.45, 7) is 2.24. The van der Waals surface area contributed by atoms with Crippen LogP contribution in [0.15, 0.2) is 0 Å². The number of rotatable bonds is 7. The van der Waals surface area contributed by atoms with Crippen molar-refractivity contribution in [2.24, 2.45) is 0 Å². The first-order chi connectivity index (χ1) is 8.64. The zero-order chi connectivity index (χ0) is 13.0. The van der Waals surface area contributed by atoms with Gasteiger partial charge in [-0.1, -0.05) is 45.4 Å². The van der Waals surface area contributed by atoms with Gasteiger partial charge in [0.05, 0.1) is 5.60 Å². The van der Waals surface area contributed by atoms with Gasteiger partial charge in [0.15, 0.2) is 0 Å². The summed E-state index contributed by atoms with van der Waals surface area (Å²) in [5.74, 6) is 0. The second kappa shape index (κ2) is 6.51. The van der Waals surface area contributed by atoms with Crippen LogP contribution in [0.3, 0.4) is 0 Å². The molecule has 1 N–H and O–H groups in total. The van der Waals surface area contributed by atoms with Crippen molar-refractivity contribution in [2.75, 3.05) is 0 Å². The lowest BCUT2D eigenvalue weighted by Crippen LogP contribution is -2.42. The van der Waals surface area contributed by atoms with Crippen LogP contribution < -0.4 is 0 Å². The molecule has 3 heteroatoms. The third kappa shape index (κ3) is 3.57. The van der Waals surface area contributed by atoms with E-state index < -0.39 is 16.4 Å². The van der Waals surface area contributed by atoms with E-state index in [0.717, 1.165) is 38.5 Å². The molecule has 2 bridgehead atoms. The minimum absolute atomic E-state index is 0.300. The molecule has 2 aliphatic rings. The van der Waals surface area contributed by atoms with Crippen LogP contribution >= 0.6 is 0 Å². The Kier molecular flexibility index (Phi) is 5.25. The fourth-order valence-electron chi connectivity index (χ4n) is 3.61. The molecule has 0 amide bonds. The molecule has 0 aromatic carbocycles. The van der Waals surface area contributed by atoms with E-state index in [1.807, 2.05) is 0 Å². The fraction of sp³-hybridized carbons (Fsp3) is 1.00. The molecule has 0 aliphatic carbocycles. The smallest absolute Gasteiger partial charge is 0.0670 e. The highest BCUT2D eigenvalue weighted by Crippen LogP contribution is 2.42. The average molecular weight is 272 g/mol. The molecule has 2 nitrogen and oxygen atoms in total. The van der Waals surface area contributed by atoms with Crippen molar-refractivity contribution in [2.45, 2.75) is 93.7 Å². The first-order valence-corrected chi connectivity index (χ1v) is 9.04. The molecule has 2 unspecified atom stereocenters. The van der Waals surface area contributed by atoms with E-state index >= 15 is 0 Å². The van der Waals surface area contributed by atoms with Crippen LogP contribution in [-0.2, 0) is 10.8 Å². The first-order valence-electron chi connectivity index (χ1n) is 7.76. The Labute approximate surface area is 114 Å². The molecule has 2 saturated heterocycles. The highest BCUT2D eigenvalue weighted by molar-refractivity contribution is 7.86. The van der Waals surface area contributed by atoms with E-state index in [1.54, 1.807) is 0 Å². The standard InChI is InChI=1S/C15H28O2S/c1-2-3-4-5-6-7-10-15(16)11-13-8-9-14(12-15)18(13)17/h13-14,16H,2-12H2,1H3. The number of aliphatic hydroxyl groups is 1. The van der Waals surface area contributed by atoms with Gasteiger partial charge < -0.3 is 5.11 Å². The summed E-state index contributed by atoms with van der Waals surface area (Å²) in [4.78, 5) is 0. The Hall–Kier alpha value is 0.110. The highest BCUT2D eigenvalue weighted by Gasteiger charge is 2.46. The van der Waals surface area contributed by atoms with Crippen molar-refractivity contribution in [3.05, 3.63) is 0 Å². The van der Waals surface area contributed by atoms with Gasteiger partial charge in [-0.15, -0.1) is 0 Å². The summed E-state index contributed by atoms with van der Waals surface area (Å²) in [5.41, 5.74) is -0.482. The van der Waals surface area contributed by atoms with Gasteiger partial charge in [0.2, 0.25) is 0 Å². The van der Waals surface area contributed by atoms with Crippen molar-refractivity contribution in [1.29, 1.82) is 0 Å². The van der Waals surface area contributed by atoms with Crippen LogP contribution in [0.5, 0.6) is 0 Å². The number of fused-ring (bicyclic) bond motifs is 2. The third-order valence-electron chi connectivity index (χ3n) is 4.68. The second-order valence-electron chi connectivity index (χ2n) is 6.30. The van der Waals surface area contributed by atoms with E-state index in [0.29, 0.717) is 10.5 Å². The second-order valence-corrected chi connectivity index (χ2v) is 8.29. The molecule has 106 valence electrons. The molecule has 2 aliphatic heterocycles. The summed E-state index contributed by atoms with van der Waals surface area (Å²) < 4.78 is 11.9. The molecule has 0 radical (unpaired) electrons. The predicted molar refractivity (Wildman–Crippen MR) is 77.1 cm³/mol. The van der Waals surface area contributed by atoms with Gasteiger partial charge in [0.25, 0.3) is 0 Å². The molecule has 2 rings (SSSR count). The van der Waals surface area contributed by atoms with Gasteiger partial charge in [-0.25, -0.2) is 0 Å². The Morgan fingerprint density at radius 2 is 1.61 bits per heavy atom. The Balaban J connectivity index is 1.68. The van der Waals surface area contributed by atoms with Crippen LogP contribution in [0, 0.1) is 0 Å². The van der Waals surface area contributed by atoms with E-state index in [9.17, 15) is 9.32 Å². The molecule has 0 aromatic heterocycles. The normalized spacial score (nSPS) is 39.1. The average Bonchev–Trinajstić information content (AvgIpc) is 2.58. The Morgan fingerprint density at radius 3 is 2.22 bits per heavy atom. The molecule has 2 heterocycles. The van der Waals surface area contributed by atoms with Gasteiger partial charge in [0, 0.05) is 21.3 Å². The SMILES string of the molecule is CCCCCCCCC1(O)CC2CCC(C1)S2=O. The molecule has 0 spiro atoms. The van der Waals surface area contributed by atoms with Crippen molar-refractivity contribution in [3.8, 4) is 0 Å². The maximum absolute atomic E-state index is 11.9. The van der Waals surface area contributed by atoms with Gasteiger partial charge in [-0.05, 0) is 32.1 Å². The Bertz CT molecular complexity index is 274. The summed E-state index contributed by atoms with van der Waals surface area (Å²) >= 11 is 0. The van der Waals surface area contributed by atoms with Gasteiger partial charge in [-0.2, -0.15) is 0 Å². The van der Waals surface area contributed by atoms with Crippen molar-refractivity contribution in [3.63, 3.8) is 0 Å².